The van der Waals surface area contributed by atoms with Crippen LogP contribution in [0.2, 0.25) is 0 Å². The molecular weight excluding hydrogens is 479 g/mol. The second kappa shape index (κ2) is 13.3. The Morgan fingerprint density at radius 1 is 1.19 bits per heavy atom. The summed E-state index contributed by atoms with van der Waals surface area (Å²) in [5.41, 5.74) is 0.906. The standard InChI is InChI=1S/C18H32N4O3S.HI/c1-5-20-18(21-12-11-17(14(3)4)25-6-2)22-13-15-7-9-16(10-8-15)26(19,23)24;/h7-10,14,17H,5-6,11-13H2,1-4H3,(H2,19,23,24)(H2,20,21,22);1H. The fraction of sp³-hybridized carbons (Fsp3) is 0.611. The summed E-state index contributed by atoms with van der Waals surface area (Å²) < 4.78 is 28.3. The van der Waals surface area contributed by atoms with E-state index in [0.717, 1.165) is 31.0 Å². The zero-order chi connectivity index (χ0) is 19.6. The number of primary sulfonamides is 1. The predicted octanol–water partition coefficient (Wildman–Crippen LogP) is 2.46. The Labute approximate surface area is 180 Å². The van der Waals surface area contributed by atoms with Gasteiger partial charge >= 0.3 is 0 Å². The van der Waals surface area contributed by atoms with Gasteiger partial charge in [-0.2, -0.15) is 0 Å². The molecule has 0 spiro atoms. The van der Waals surface area contributed by atoms with Gasteiger partial charge in [0.05, 0.1) is 17.5 Å². The van der Waals surface area contributed by atoms with E-state index in [2.05, 4.69) is 29.5 Å². The molecule has 27 heavy (non-hydrogen) atoms. The maximum Gasteiger partial charge on any atom is 0.238 e. The first-order valence-corrected chi connectivity index (χ1v) is 10.6. The summed E-state index contributed by atoms with van der Waals surface area (Å²) in [5.74, 6) is 1.19. The van der Waals surface area contributed by atoms with Gasteiger partial charge in [-0.15, -0.1) is 24.0 Å². The molecule has 0 heterocycles. The lowest BCUT2D eigenvalue weighted by Crippen LogP contribution is -2.39. The molecule has 4 N–H and O–H groups in total. The van der Waals surface area contributed by atoms with Gasteiger partial charge in [0.1, 0.15) is 0 Å². The highest BCUT2D eigenvalue weighted by atomic mass is 127. The molecule has 0 aliphatic rings. The lowest BCUT2D eigenvalue weighted by atomic mass is 10.0. The summed E-state index contributed by atoms with van der Waals surface area (Å²) in [6.07, 6.45) is 1.13. The van der Waals surface area contributed by atoms with Crippen molar-refractivity contribution in [2.45, 2.75) is 51.7 Å². The molecule has 0 amide bonds. The predicted molar refractivity (Wildman–Crippen MR) is 121 cm³/mol. The molecule has 0 aliphatic carbocycles. The summed E-state index contributed by atoms with van der Waals surface area (Å²) in [7, 11) is -3.66. The summed E-state index contributed by atoms with van der Waals surface area (Å²) >= 11 is 0. The first-order valence-electron chi connectivity index (χ1n) is 9.03. The van der Waals surface area contributed by atoms with Crippen LogP contribution in [0, 0.1) is 5.92 Å². The lowest BCUT2D eigenvalue weighted by molar-refractivity contribution is 0.0258. The van der Waals surface area contributed by atoms with Crippen LogP contribution >= 0.6 is 24.0 Å². The van der Waals surface area contributed by atoms with Gasteiger partial charge in [0.2, 0.25) is 10.0 Å². The zero-order valence-corrected chi connectivity index (χ0v) is 19.7. The number of hydrogen-bond donors (Lipinski definition) is 3. The van der Waals surface area contributed by atoms with Crippen LogP contribution < -0.4 is 15.8 Å². The van der Waals surface area contributed by atoms with E-state index in [1.807, 2.05) is 13.8 Å². The van der Waals surface area contributed by atoms with E-state index < -0.39 is 10.0 Å². The monoisotopic (exact) mass is 512 g/mol. The molecule has 1 aromatic rings. The summed E-state index contributed by atoms with van der Waals surface area (Å²) in [6, 6.07) is 6.43. The molecular formula is C18H33IN4O3S. The van der Waals surface area contributed by atoms with Gasteiger partial charge < -0.3 is 15.4 Å². The van der Waals surface area contributed by atoms with Crippen LogP contribution in [0.3, 0.4) is 0 Å². The average molecular weight is 512 g/mol. The second-order valence-electron chi connectivity index (χ2n) is 6.34. The summed E-state index contributed by atoms with van der Waals surface area (Å²) in [4.78, 5) is 4.64. The quantitative estimate of drug-likeness (QED) is 0.254. The largest absolute Gasteiger partial charge is 0.378 e. The number of halogens is 1. The number of benzene rings is 1. The number of rotatable bonds is 10. The van der Waals surface area contributed by atoms with Gasteiger partial charge in [0, 0.05) is 19.7 Å². The van der Waals surface area contributed by atoms with Crippen LogP contribution in [0.1, 0.15) is 39.7 Å². The molecule has 1 atom stereocenters. The number of ether oxygens (including phenoxy) is 1. The maximum atomic E-state index is 11.3. The fourth-order valence-corrected chi connectivity index (χ4v) is 2.97. The molecule has 0 aromatic heterocycles. The van der Waals surface area contributed by atoms with E-state index in [0.29, 0.717) is 19.1 Å². The Morgan fingerprint density at radius 2 is 1.81 bits per heavy atom. The van der Waals surface area contributed by atoms with Crippen LogP contribution in [0.4, 0.5) is 0 Å². The average Bonchev–Trinajstić information content (AvgIpc) is 2.58. The van der Waals surface area contributed by atoms with Gasteiger partial charge in [-0.3, -0.25) is 0 Å². The van der Waals surface area contributed by atoms with Crippen LogP contribution in [0.15, 0.2) is 34.2 Å². The first kappa shape index (κ1) is 26.1. The van der Waals surface area contributed by atoms with E-state index in [1.54, 1.807) is 12.1 Å². The van der Waals surface area contributed by atoms with Gasteiger partial charge in [0.15, 0.2) is 5.96 Å². The molecule has 0 saturated carbocycles. The SMILES string of the molecule is CCNC(=NCc1ccc(S(N)(=O)=O)cc1)NCCC(OCC)C(C)C.I. The number of guanidine groups is 1. The van der Waals surface area contributed by atoms with Crippen molar-refractivity contribution in [3.63, 3.8) is 0 Å². The highest BCUT2D eigenvalue weighted by Crippen LogP contribution is 2.11. The lowest BCUT2D eigenvalue weighted by Gasteiger charge is -2.21. The van der Waals surface area contributed by atoms with E-state index in [1.165, 1.54) is 12.1 Å². The van der Waals surface area contributed by atoms with Crippen LogP contribution in [0.5, 0.6) is 0 Å². The van der Waals surface area contributed by atoms with Crippen molar-refractivity contribution >= 4 is 40.0 Å². The van der Waals surface area contributed by atoms with Crippen molar-refractivity contribution in [3.8, 4) is 0 Å². The van der Waals surface area contributed by atoms with E-state index in [-0.39, 0.29) is 35.0 Å². The molecule has 0 saturated heterocycles. The molecule has 7 nitrogen and oxygen atoms in total. The van der Waals surface area contributed by atoms with Crippen molar-refractivity contribution in [3.05, 3.63) is 29.8 Å². The number of nitrogens with zero attached hydrogens (tertiary/aromatic N) is 1. The molecule has 1 rings (SSSR count). The Morgan fingerprint density at radius 3 is 2.30 bits per heavy atom. The molecule has 9 heteroatoms. The third-order valence-corrected chi connectivity index (χ3v) is 4.79. The number of nitrogens with two attached hydrogens (primary N) is 1. The molecule has 0 fully saturated rings. The topological polar surface area (TPSA) is 106 Å². The van der Waals surface area contributed by atoms with Crippen molar-refractivity contribution in [1.29, 1.82) is 0 Å². The Bertz CT molecular complexity index is 664. The molecule has 0 radical (unpaired) electrons. The molecule has 1 unspecified atom stereocenters. The van der Waals surface area contributed by atoms with E-state index in [4.69, 9.17) is 9.88 Å². The molecule has 156 valence electrons. The molecule has 0 bridgehead atoms. The summed E-state index contributed by atoms with van der Waals surface area (Å²) in [6.45, 7) is 11.0. The van der Waals surface area contributed by atoms with Gasteiger partial charge in [-0.1, -0.05) is 26.0 Å². The van der Waals surface area contributed by atoms with Gasteiger partial charge in [0.25, 0.3) is 0 Å². The highest BCUT2D eigenvalue weighted by molar-refractivity contribution is 14.0. The van der Waals surface area contributed by atoms with E-state index in [9.17, 15) is 8.42 Å². The highest BCUT2D eigenvalue weighted by Gasteiger charge is 2.13. The smallest absolute Gasteiger partial charge is 0.238 e. The summed E-state index contributed by atoms with van der Waals surface area (Å²) in [5, 5.41) is 11.6. The van der Waals surface area contributed by atoms with Crippen molar-refractivity contribution < 1.29 is 13.2 Å². The van der Waals surface area contributed by atoms with Crippen molar-refractivity contribution in [2.24, 2.45) is 16.0 Å². The maximum absolute atomic E-state index is 11.3. The fourth-order valence-electron chi connectivity index (χ4n) is 2.45. The Balaban J connectivity index is 0.00000676. The van der Waals surface area contributed by atoms with E-state index >= 15 is 0 Å². The van der Waals surface area contributed by atoms with Gasteiger partial charge in [-0.25, -0.2) is 18.5 Å². The minimum absolute atomic E-state index is 0. The first-order chi connectivity index (χ1) is 12.3. The number of hydrogen-bond acceptors (Lipinski definition) is 4. The zero-order valence-electron chi connectivity index (χ0n) is 16.6. The minimum Gasteiger partial charge on any atom is -0.378 e. The number of sulfonamides is 1. The van der Waals surface area contributed by atoms with Crippen molar-refractivity contribution in [2.75, 3.05) is 19.7 Å². The molecule has 1 aromatic carbocycles. The minimum atomic E-state index is -3.66. The second-order valence-corrected chi connectivity index (χ2v) is 7.90. The third-order valence-electron chi connectivity index (χ3n) is 3.86. The Hall–Kier alpha value is -0.910. The normalized spacial score (nSPS) is 13.2. The van der Waals surface area contributed by atoms with Crippen molar-refractivity contribution in [1.82, 2.24) is 10.6 Å². The molecule has 0 aliphatic heterocycles. The Kier molecular flexibility index (Phi) is 12.8. The van der Waals surface area contributed by atoms with Crippen LogP contribution in [0.25, 0.3) is 0 Å². The van der Waals surface area contributed by atoms with Crippen LogP contribution in [-0.2, 0) is 21.3 Å². The van der Waals surface area contributed by atoms with Crippen LogP contribution in [-0.4, -0.2) is 40.2 Å². The number of nitrogens with one attached hydrogen (secondary N) is 2. The number of aliphatic imine (C=N–C) groups is 1. The van der Waals surface area contributed by atoms with Gasteiger partial charge in [-0.05, 0) is 43.9 Å². The third kappa shape index (κ3) is 10.3.